The average molecular weight is 544 g/mol. The third kappa shape index (κ3) is 8.21. The lowest BCUT2D eigenvalue weighted by molar-refractivity contribution is -0.137. The number of nitrogens with zero attached hydrogens (tertiary/aromatic N) is 1. The monoisotopic (exact) mass is 543 g/mol. The third-order valence-electron chi connectivity index (χ3n) is 4.64. The Morgan fingerprint density at radius 3 is 2.39 bits per heavy atom. The van der Waals surface area contributed by atoms with Crippen LogP contribution in [0.25, 0.3) is 11.3 Å². The van der Waals surface area contributed by atoms with Crippen LogP contribution in [0.1, 0.15) is 42.9 Å². The molecular formula is C23H24F3N3O5S2. The maximum atomic E-state index is 13.1. The lowest BCUT2D eigenvalue weighted by Gasteiger charge is -2.23. The molecule has 1 aromatic heterocycles. The standard InChI is InChI=1S/C23H24F3N3O5S2/c1-22(2,3)34-21(30)28-18(11-14-7-9-17(10-8-14)29-36(31,32)33)20-27-19(13-35-20)15-5-4-6-16(12-15)23(24,25)26/h4-10,12-13,18,29H,11H2,1-3H3,(H,28,30)(H,31,32,33)/t18-/m0/s1. The number of halogens is 3. The van der Waals surface area contributed by atoms with Gasteiger partial charge in [0.25, 0.3) is 0 Å². The predicted molar refractivity (Wildman–Crippen MR) is 130 cm³/mol. The molecule has 0 saturated heterocycles. The number of hydrogen-bond donors (Lipinski definition) is 3. The molecule has 3 aromatic rings. The summed E-state index contributed by atoms with van der Waals surface area (Å²) in [5.41, 5.74) is -0.124. The molecule has 194 valence electrons. The van der Waals surface area contributed by atoms with Gasteiger partial charge in [-0.05, 0) is 57.0 Å². The van der Waals surface area contributed by atoms with Crippen molar-refractivity contribution in [3.63, 3.8) is 0 Å². The number of benzene rings is 2. The summed E-state index contributed by atoms with van der Waals surface area (Å²) < 4.78 is 77.6. The van der Waals surface area contributed by atoms with Crippen molar-refractivity contribution in [3.8, 4) is 11.3 Å². The van der Waals surface area contributed by atoms with Crippen LogP contribution in [0.15, 0.2) is 53.9 Å². The van der Waals surface area contributed by atoms with Crippen molar-refractivity contribution in [2.24, 2.45) is 0 Å². The molecule has 0 bridgehead atoms. The Morgan fingerprint density at radius 1 is 1.14 bits per heavy atom. The molecule has 1 heterocycles. The Labute approximate surface area is 210 Å². The zero-order valence-corrected chi connectivity index (χ0v) is 21.1. The second-order valence-corrected chi connectivity index (χ2v) is 10.9. The van der Waals surface area contributed by atoms with E-state index >= 15 is 0 Å². The van der Waals surface area contributed by atoms with Gasteiger partial charge >= 0.3 is 22.6 Å². The van der Waals surface area contributed by atoms with Crippen LogP contribution in [0.3, 0.4) is 0 Å². The zero-order chi connectivity index (χ0) is 26.7. The Balaban J connectivity index is 1.88. The Morgan fingerprint density at radius 2 is 1.81 bits per heavy atom. The van der Waals surface area contributed by atoms with Gasteiger partial charge < -0.3 is 10.1 Å². The fourth-order valence-corrected chi connectivity index (χ4v) is 4.49. The number of anilines is 1. The summed E-state index contributed by atoms with van der Waals surface area (Å²) >= 11 is 1.17. The van der Waals surface area contributed by atoms with Gasteiger partial charge in [-0.1, -0.05) is 24.3 Å². The number of aromatic nitrogens is 1. The van der Waals surface area contributed by atoms with E-state index in [0.29, 0.717) is 16.3 Å². The van der Waals surface area contributed by atoms with Gasteiger partial charge in [0.2, 0.25) is 0 Å². The molecule has 3 rings (SSSR count). The van der Waals surface area contributed by atoms with E-state index < -0.39 is 39.8 Å². The fraction of sp³-hybridized carbons (Fsp3) is 0.304. The van der Waals surface area contributed by atoms with Crippen molar-refractivity contribution in [2.45, 2.75) is 45.0 Å². The van der Waals surface area contributed by atoms with Crippen LogP contribution >= 0.6 is 11.3 Å². The largest absolute Gasteiger partial charge is 0.444 e. The van der Waals surface area contributed by atoms with Crippen LogP contribution < -0.4 is 10.0 Å². The van der Waals surface area contributed by atoms with Gasteiger partial charge in [0.15, 0.2) is 0 Å². The first-order valence-corrected chi connectivity index (χ1v) is 12.9. The molecule has 0 radical (unpaired) electrons. The summed E-state index contributed by atoms with van der Waals surface area (Å²) in [4.78, 5) is 17.0. The normalized spacial score (nSPS) is 13.2. The fourth-order valence-electron chi connectivity index (χ4n) is 3.18. The summed E-state index contributed by atoms with van der Waals surface area (Å²) in [5, 5.41) is 4.79. The van der Waals surface area contributed by atoms with E-state index in [9.17, 15) is 26.4 Å². The van der Waals surface area contributed by atoms with E-state index in [-0.39, 0.29) is 17.7 Å². The summed E-state index contributed by atoms with van der Waals surface area (Å²) in [6, 6.07) is 10.2. The smallest absolute Gasteiger partial charge is 0.416 e. The van der Waals surface area contributed by atoms with Crippen molar-refractivity contribution in [1.82, 2.24) is 10.3 Å². The number of alkyl halides is 3. The lowest BCUT2D eigenvalue weighted by Crippen LogP contribution is -2.35. The highest BCUT2D eigenvalue weighted by atomic mass is 32.2. The molecule has 0 aliphatic heterocycles. The maximum Gasteiger partial charge on any atom is 0.416 e. The second kappa shape index (κ2) is 10.4. The number of thiazole rings is 1. The van der Waals surface area contributed by atoms with Gasteiger partial charge in [-0.2, -0.15) is 21.6 Å². The second-order valence-electron chi connectivity index (χ2n) is 8.83. The van der Waals surface area contributed by atoms with Crippen LogP contribution in [0, 0.1) is 0 Å². The van der Waals surface area contributed by atoms with Crippen molar-refractivity contribution in [2.75, 3.05) is 4.72 Å². The molecule has 2 aromatic carbocycles. The van der Waals surface area contributed by atoms with Crippen LogP contribution in [0.4, 0.5) is 23.7 Å². The molecule has 1 amide bonds. The third-order valence-corrected chi connectivity index (χ3v) is 6.09. The number of carbonyl (C=O) groups excluding carboxylic acids is 1. The molecule has 8 nitrogen and oxygen atoms in total. The molecular weight excluding hydrogens is 519 g/mol. The van der Waals surface area contributed by atoms with Crippen LogP contribution in [-0.2, 0) is 27.6 Å². The zero-order valence-electron chi connectivity index (χ0n) is 19.5. The van der Waals surface area contributed by atoms with Crippen LogP contribution in [0.2, 0.25) is 0 Å². The number of alkyl carbamates (subject to hydrolysis) is 1. The highest BCUT2D eigenvalue weighted by Crippen LogP contribution is 2.33. The molecule has 3 N–H and O–H groups in total. The molecule has 13 heteroatoms. The molecule has 0 unspecified atom stereocenters. The van der Waals surface area contributed by atoms with Crippen LogP contribution in [-0.4, -0.2) is 29.6 Å². The van der Waals surface area contributed by atoms with E-state index in [4.69, 9.17) is 9.29 Å². The first-order valence-electron chi connectivity index (χ1n) is 10.6. The van der Waals surface area contributed by atoms with Gasteiger partial charge in [-0.15, -0.1) is 11.3 Å². The maximum absolute atomic E-state index is 13.1. The van der Waals surface area contributed by atoms with Gasteiger partial charge in [0.1, 0.15) is 10.6 Å². The van der Waals surface area contributed by atoms with Crippen LogP contribution in [0.5, 0.6) is 0 Å². The minimum Gasteiger partial charge on any atom is -0.444 e. The van der Waals surface area contributed by atoms with E-state index in [2.05, 4.69) is 10.3 Å². The number of hydrogen-bond acceptors (Lipinski definition) is 6. The Kier molecular flexibility index (Phi) is 7.96. The molecule has 0 fully saturated rings. The molecule has 0 aliphatic rings. The van der Waals surface area contributed by atoms with Gasteiger partial charge in [-0.25, -0.2) is 9.78 Å². The highest BCUT2D eigenvalue weighted by Gasteiger charge is 2.31. The molecule has 0 aliphatic carbocycles. The van der Waals surface area contributed by atoms with E-state index in [1.807, 2.05) is 4.72 Å². The highest BCUT2D eigenvalue weighted by molar-refractivity contribution is 7.87. The van der Waals surface area contributed by atoms with E-state index in [0.717, 1.165) is 12.1 Å². The van der Waals surface area contributed by atoms with Crippen molar-refractivity contribution < 1.29 is 35.7 Å². The van der Waals surface area contributed by atoms with Crippen molar-refractivity contribution >= 4 is 33.4 Å². The molecule has 36 heavy (non-hydrogen) atoms. The first-order chi connectivity index (χ1) is 16.6. The number of ether oxygens (including phenoxy) is 1. The average Bonchev–Trinajstić information content (AvgIpc) is 3.22. The predicted octanol–water partition coefficient (Wildman–Crippen LogP) is 5.85. The summed E-state index contributed by atoms with van der Waals surface area (Å²) in [5.74, 6) is 0. The number of rotatable bonds is 7. The molecule has 0 saturated carbocycles. The summed E-state index contributed by atoms with van der Waals surface area (Å²) in [6.45, 7) is 5.12. The first kappa shape index (κ1) is 27.4. The van der Waals surface area contributed by atoms with Crippen molar-refractivity contribution in [3.05, 3.63) is 70.0 Å². The molecule has 1 atom stereocenters. The SMILES string of the molecule is CC(C)(C)OC(=O)N[C@@H](Cc1ccc(NS(=O)(=O)O)cc1)c1nc(-c2cccc(C(F)(F)F)c2)cs1. The number of carbonyl (C=O) groups is 1. The van der Waals surface area contributed by atoms with Gasteiger partial charge in [0.05, 0.1) is 23.0 Å². The number of nitrogens with one attached hydrogen (secondary N) is 2. The summed E-state index contributed by atoms with van der Waals surface area (Å²) in [7, 11) is -4.43. The topological polar surface area (TPSA) is 118 Å². The minimum atomic E-state index is -4.49. The minimum absolute atomic E-state index is 0.138. The lowest BCUT2D eigenvalue weighted by atomic mass is 10.1. The van der Waals surface area contributed by atoms with Gasteiger partial charge in [0, 0.05) is 10.9 Å². The Hall–Kier alpha value is -3.16. The Bertz CT molecular complexity index is 1320. The van der Waals surface area contributed by atoms with E-state index in [1.165, 1.54) is 35.6 Å². The number of amides is 1. The molecule has 0 spiro atoms. The van der Waals surface area contributed by atoms with Crippen molar-refractivity contribution in [1.29, 1.82) is 0 Å². The quantitative estimate of drug-likeness (QED) is 0.322. The summed E-state index contributed by atoms with van der Waals surface area (Å²) in [6.07, 6.45) is -4.97. The van der Waals surface area contributed by atoms with E-state index in [1.54, 1.807) is 38.3 Å². The van der Waals surface area contributed by atoms with Gasteiger partial charge in [-0.3, -0.25) is 9.27 Å².